The summed E-state index contributed by atoms with van der Waals surface area (Å²) in [4.78, 5) is 13.4. The number of rotatable bonds is 3. The molecule has 2 atom stereocenters. The zero-order valence-corrected chi connectivity index (χ0v) is 8.84. The van der Waals surface area contributed by atoms with Gasteiger partial charge in [0.25, 0.3) is 0 Å². The van der Waals surface area contributed by atoms with Gasteiger partial charge < -0.3 is 10.2 Å². The Morgan fingerprint density at radius 3 is 2.69 bits per heavy atom. The number of likely N-dealkylation sites (N-methyl/N-ethyl adjacent to an activating group) is 1. The van der Waals surface area contributed by atoms with Crippen LogP contribution in [0.3, 0.4) is 0 Å². The van der Waals surface area contributed by atoms with Crippen molar-refractivity contribution in [1.29, 1.82) is 0 Å². The second-order valence-corrected chi connectivity index (χ2v) is 3.99. The molecule has 1 amide bonds. The Hall–Kier alpha value is -0.570. The Morgan fingerprint density at radius 1 is 1.46 bits per heavy atom. The third-order valence-corrected chi connectivity index (χ3v) is 2.81. The van der Waals surface area contributed by atoms with Crippen LogP contribution in [0.2, 0.25) is 0 Å². The first-order valence-electron chi connectivity index (χ1n) is 5.11. The summed E-state index contributed by atoms with van der Waals surface area (Å²) in [5, 5.41) is 3.08. The van der Waals surface area contributed by atoms with E-state index in [1.165, 1.54) is 12.8 Å². The minimum absolute atomic E-state index is 0.179. The number of amides is 1. The summed E-state index contributed by atoms with van der Waals surface area (Å²) in [6.45, 7) is 1.90. The number of carbonyl (C=O) groups excluding carboxylic acids is 1. The van der Waals surface area contributed by atoms with Crippen molar-refractivity contribution in [2.75, 3.05) is 14.1 Å². The zero-order valence-electron chi connectivity index (χ0n) is 8.84. The average Bonchev–Trinajstić information content (AvgIpc) is 2.52. The van der Waals surface area contributed by atoms with Crippen molar-refractivity contribution in [3.8, 4) is 0 Å². The molecular weight excluding hydrogens is 164 g/mol. The minimum Gasteiger partial charge on any atom is -0.352 e. The van der Waals surface area contributed by atoms with Crippen LogP contribution in [0.25, 0.3) is 0 Å². The Kier molecular flexibility index (Phi) is 3.72. The van der Waals surface area contributed by atoms with E-state index in [0.29, 0.717) is 18.5 Å². The van der Waals surface area contributed by atoms with Crippen LogP contribution in [-0.2, 0) is 4.79 Å². The largest absolute Gasteiger partial charge is 0.352 e. The highest BCUT2D eigenvalue weighted by Crippen LogP contribution is 2.22. The third-order valence-electron chi connectivity index (χ3n) is 2.81. The second-order valence-electron chi connectivity index (χ2n) is 3.99. The standard InChI is InChI=1S/C10H20N2O/c1-4-10(13)11-8-6-5-7-9(8)12(2)3/h8-9H,4-7H2,1-3H3,(H,11,13)/t8-,9-/m0/s1. The molecule has 1 aliphatic carbocycles. The fourth-order valence-corrected chi connectivity index (χ4v) is 2.04. The predicted octanol–water partition coefficient (Wildman–Crippen LogP) is 0.995. The summed E-state index contributed by atoms with van der Waals surface area (Å²) < 4.78 is 0. The molecule has 0 aromatic heterocycles. The van der Waals surface area contributed by atoms with E-state index in [9.17, 15) is 4.79 Å². The Labute approximate surface area is 80.5 Å². The molecule has 0 aliphatic heterocycles. The van der Waals surface area contributed by atoms with E-state index >= 15 is 0 Å². The van der Waals surface area contributed by atoms with E-state index in [1.807, 2.05) is 6.92 Å². The first-order chi connectivity index (χ1) is 6.15. The normalized spacial score (nSPS) is 28.0. The Balaban J connectivity index is 2.44. The summed E-state index contributed by atoms with van der Waals surface area (Å²) in [5.41, 5.74) is 0. The SMILES string of the molecule is CCC(=O)N[C@H]1CCC[C@@H]1N(C)C. The monoisotopic (exact) mass is 184 g/mol. The number of hydrogen-bond acceptors (Lipinski definition) is 2. The van der Waals surface area contributed by atoms with E-state index in [2.05, 4.69) is 24.3 Å². The Bertz CT molecular complexity index is 180. The highest BCUT2D eigenvalue weighted by atomic mass is 16.1. The number of hydrogen-bond donors (Lipinski definition) is 1. The van der Waals surface area contributed by atoms with Crippen LogP contribution in [0.4, 0.5) is 0 Å². The molecule has 3 heteroatoms. The minimum atomic E-state index is 0.179. The van der Waals surface area contributed by atoms with Crippen molar-refractivity contribution < 1.29 is 4.79 Å². The lowest BCUT2D eigenvalue weighted by atomic mass is 10.1. The average molecular weight is 184 g/mol. The molecular formula is C10H20N2O. The fraction of sp³-hybridized carbons (Fsp3) is 0.900. The number of nitrogens with zero attached hydrogens (tertiary/aromatic N) is 1. The molecule has 0 heterocycles. The summed E-state index contributed by atoms with van der Waals surface area (Å²) >= 11 is 0. The highest BCUT2D eigenvalue weighted by molar-refractivity contribution is 5.75. The molecule has 0 aromatic rings. The molecule has 13 heavy (non-hydrogen) atoms. The van der Waals surface area contributed by atoms with Crippen LogP contribution in [0, 0.1) is 0 Å². The van der Waals surface area contributed by atoms with Gasteiger partial charge in [-0.05, 0) is 33.4 Å². The van der Waals surface area contributed by atoms with Crippen molar-refractivity contribution in [2.45, 2.75) is 44.7 Å². The third kappa shape index (κ3) is 2.69. The summed E-state index contributed by atoms with van der Waals surface area (Å²) in [6.07, 6.45) is 4.17. The maximum atomic E-state index is 11.2. The summed E-state index contributed by atoms with van der Waals surface area (Å²) in [5.74, 6) is 0.179. The van der Waals surface area contributed by atoms with E-state index in [1.54, 1.807) is 0 Å². The zero-order chi connectivity index (χ0) is 9.84. The molecule has 0 saturated heterocycles. The lowest BCUT2D eigenvalue weighted by Gasteiger charge is -2.26. The maximum absolute atomic E-state index is 11.2. The molecule has 1 saturated carbocycles. The lowest BCUT2D eigenvalue weighted by molar-refractivity contribution is -0.121. The van der Waals surface area contributed by atoms with Gasteiger partial charge in [-0.3, -0.25) is 4.79 Å². The van der Waals surface area contributed by atoms with Crippen molar-refractivity contribution in [3.05, 3.63) is 0 Å². The van der Waals surface area contributed by atoms with Gasteiger partial charge in [0, 0.05) is 18.5 Å². The van der Waals surface area contributed by atoms with Gasteiger partial charge >= 0.3 is 0 Å². The topological polar surface area (TPSA) is 32.3 Å². The van der Waals surface area contributed by atoms with Crippen LogP contribution in [-0.4, -0.2) is 37.0 Å². The van der Waals surface area contributed by atoms with Crippen molar-refractivity contribution in [3.63, 3.8) is 0 Å². The quantitative estimate of drug-likeness (QED) is 0.709. The lowest BCUT2D eigenvalue weighted by Crippen LogP contribution is -2.45. The van der Waals surface area contributed by atoms with Gasteiger partial charge in [-0.25, -0.2) is 0 Å². The smallest absolute Gasteiger partial charge is 0.219 e. The first kappa shape index (κ1) is 10.5. The maximum Gasteiger partial charge on any atom is 0.219 e. The molecule has 3 nitrogen and oxygen atoms in total. The van der Waals surface area contributed by atoms with Gasteiger partial charge in [0.1, 0.15) is 0 Å². The molecule has 0 radical (unpaired) electrons. The molecule has 1 rings (SSSR count). The Morgan fingerprint density at radius 2 is 2.15 bits per heavy atom. The molecule has 1 fully saturated rings. The van der Waals surface area contributed by atoms with Crippen LogP contribution in [0.15, 0.2) is 0 Å². The van der Waals surface area contributed by atoms with Gasteiger partial charge in [0.2, 0.25) is 5.91 Å². The van der Waals surface area contributed by atoms with Crippen LogP contribution in [0.1, 0.15) is 32.6 Å². The molecule has 1 aliphatic rings. The summed E-state index contributed by atoms with van der Waals surface area (Å²) in [7, 11) is 4.17. The van der Waals surface area contributed by atoms with E-state index < -0.39 is 0 Å². The molecule has 0 bridgehead atoms. The van der Waals surface area contributed by atoms with Crippen LogP contribution >= 0.6 is 0 Å². The highest BCUT2D eigenvalue weighted by Gasteiger charge is 2.29. The number of carbonyl (C=O) groups is 1. The van der Waals surface area contributed by atoms with Crippen molar-refractivity contribution in [1.82, 2.24) is 10.2 Å². The van der Waals surface area contributed by atoms with E-state index in [-0.39, 0.29) is 5.91 Å². The van der Waals surface area contributed by atoms with E-state index in [4.69, 9.17) is 0 Å². The summed E-state index contributed by atoms with van der Waals surface area (Å²) in [6, 6.07) is 0.915. The van der Waals surface area contributed by atoms with Gasteiger partial charge in [-0.15, -0.1) is 0 Å². The molecule has 0 spiro atoms. The predicted molar refractivity (Wildman–Crippen MR) is 53.5 cm³/mol. The molecule has 0 aromatic carbocycles. The van der Waals surface area contributed by atoms with Crippen molar-refractivity contribution in [2.24, 2.45) is 0 Å². The molecule has 76 valence electrons. The van der Waals surface area contributed by atoms with Gasteiger partial charge in [-0.1, -0.05) is 6.92 Å². The van der Waals surface area contributed by atoms with Gasteiger partial charge in [0.15, 0.2) is 0 Å². The van der Waals surface area contributed by atoms with E-state index in [0.717, 1.165) is 6.42 Å². The number of nitrogens with one attached hydrogen (secondary N) is 1. The van der Waals surface area contributed by atoms with Crippen LogP contribution in [0.5, 0.6) is 0 Å². The first-order valence-corrected chi connectivity index (χ1v) is 5.11. The molecule has 1 N–H and O–H groups in total. The second kappa shape index (κ2) is 4.61. The fourth-order valence-electron chi connectivity index (χ4n) is 2.04. The van der Waals surface area contributed by atoms with Crippen molar-refractivity contribution >= 4 is 5.91 Å². The van der Waals surface area contributed by atoms with Crippen LogP contribution < -0.4 is 5.32 Å². The van der Waals surface area contributed by atoms with Gasteiger partial charge in [0.05, 0.1) is 0 Å². The van der Waals surface area contributed by atoms with Gasteiger partial charge in [-0.2, -0.15) is 0 Å². The molecule has 0 unspecified atom stereocenters.